The van der Waals surface area contributed by atoms with E-state index in [2.05, 4.69) is 30.9 Å². The Morgan fingerprint density at radius 1 is 1.44 bits per heavy atom. The van der Waals surface area contributed by atoms with Gasteiger partial charge in [0.15, 0.2) is 5.16 Å². The lowest BCUT2D eigenvalue weighted by Gasteiger charge is -2.01. The number of hydrogen-bond acceptors (Lipinski definition) is 4. The second-order valence-electron chi connectivity index (χ2n) is 2.78. The van der Waals surface area contributed by atoms with E-state index in [0.717, 1.165) is 4.47 Å². The smallest absolute Gasteiger partial charge is 0.251 e. The third-order valence-electron chi connectivity index (χ3n) is 1.62. The fourth-order valence-electron chi connectivity index (χ4n) is 0.973. The van der Waals surface area contributed by atoms with E-state index in [0.29, 0.717) is 15.2 Å². The predicted octanol–water partition coefficient (Wildman–Crippen LogP) is 2.73. The van der Waals surface area contributed by atoms with Crippen molar-refractivity contribution in [2.45, 2.75) is 10.2 Å². The molecule has 1 N–H and O–H groups in total. The SMILES string of the molecule is O=c1ccnc(Sc2ncc(Br)cc2Cl)[nH]1. The summed E-state index contributed by atoms with van der Waals surface area (Å²) in [4.78, 5) is 21.8. The van der Waals surface area contributed by atoms with E-state index in [1.165, 1.54) is 24.0 Å². The molecule has 2 aromatic rings. The fraction of sp³-hybridized carbons (Fsp3) is 0. The second-order valence-corrected chi connectivity index (χ2v) is 5.08. The minimum absolute atomic E-state index is 0.203. The predicted molar refractivity (Wildman–Crippen MR) is 65.9 cm³/mol. The van der Waals surface area contributed by atoms with Crippen LogP contribution in [0.25, 0.3) is 0 Å². The molecule has 0 aliphatic carbocycles. The van der Waals surface area contributed by atoms with Crippen molar-refractivity contribution in [3.63, 3.8) is 0 Å². The molecule has 4 nitrogen and oxygen atoms in total. The minimum atomic E-state index is -0.203. The molecule has 0 fully saturated rings. The molecule has 0 aliphatic rings. The van der Waals surface area contributed by atoms with Crippen molar-refractivity contribution in [1.29, 1.82) is 0 Å². The lowest BCUT2D eigenvalue weighted by Crippen LogP contribution is -2.05. The van der Waals surface area contributed by atoms with Crippen molar-refractivity contribution < 1.29 is 0 Å². The van der Waals surface area contributed by atoms with Crippen LogP contribution in [0.4, 0.5) is 0 Å². The summed E-state index contributed by atoms with van der Waals surface area (Å²) in [5.74, 6) is 0. The van der Waals surface area contributed by atoms with Crippen LogP contribution in [-0.2, 0) is 0 Å². The summed E-state index contributed by atoms with van der Waals surface area (Å²) in [6, 6.07) is 3.08. The monoisotopic (exact) mass is 317 g/mol. The number of aromatic nitrogens is 3. The van der Waals surface area contributed by atoms with Crippen LogP contribution in [0.2, 0.25) is 5.02 Å². The van der Waals surface area contributed by atoms with Gasteiger partial charge in [0.25, 0.3) is 5.56 Å². The molecule has 0 bridgehead atoms. The highest BCUT2D eigenvalue weighted by Gasteiger charge is 2.06. The van der Waals surface area contributed by atoms with Gasteiger partial charge in [0.05, 0.1) is 5.02 Å². The van der Waals surface area contributed by atoms with Gasteiger partial charge in [0.1, 0.15) is 5.03 Å². The van der Waals surface area contributed by atoms with Crippen molar-refractivity contribution in [2.75, 3.05) is 0 Å². The third kappa shape index (κ3) is 2.84. The molecule has 0 atom stereocenters. The zero-order valence-corrected chi connectivity index (χ0v) is 10.9. The maximum Gasteiger partial charge on any atom is 0.251 e. The zero-order chi connectivity index (χ0) is 11.5. The Kier molecular flexibility index (Phi) is 3.63. The molecule has 0 saturated carbocycles. The largest absolute Gasteiger partial charge is 0.301 e. The van der Waals surface area contributed by atoms with Crippen molar-refractivity contribution in [3.05, 3.63) is 44.4 Å². The molecule has 0 spiro atoms. The minimum Gasteiger partial charge on any atom is -0.301 e. The maximum absolute atomic E-state index is 11.0. The lowest BCUT2D eigenvalue weighted by molar-refractivity contribution is 0.931. The second kappa shape index (κ2) is 4.99. The molecule has 0 amide bonds. The van der Waals surface area contributed by atoms with Gasteiger partial charge in [-0.1, -0.05) is 11.6 Å². The van der Waals surface area contributed by atoms with Gasteiger partial charge in [-0.3, -0.25) is 4.79 Å². The number of nitrogens with one attached hydrogen (secondary N) is 1. The maximum atomic E-state index is 11.0. The Bertz CT molecular complexity index is 575. The van der Waals surface area contributed by atoms with Gasteiger partial charge in [-0.15, -0.1) is 0 Å². The Balaban J connectivity index is 2.30. The highest BCUT2D eigenvalue weighted by molar-refractivity contribution is 9.10. The molecule has 2 aromatic heterocycles. The normalized spacial score (nSPS) is 10.4. The van der Waals surface area contributed by atoms with E-state index in [-0.39, 0.29) is 5.56 Å². The average molecular weight is 319 g/mol. The number of hydrogen-bond donors (Lipinski definition) is 1. The van der Waals surface area contributed by atoms with Crippen LogP contribution >= 0.6 is 39.3 Å². The molecule has 82 valence electrons. The summed E-state index contributed by atoms with van der Waals surface area (Å²) in [6.07, 6.45) is 3.07. The van der Waals surface area contributed by atoms with Crippen LogP contribution in [0, 0.1) is 0 Å². The Morgan fingerprint density at radius 2 is 2.25 bits per heavy atom. The number of H-pyrrole nitrogens is 1. The van der Waals surface area contributed by atoms with Crippen LogP contribution in [0.1, 0.15) is 0 Å². The van der Waals surface area contributed by atoms with Gasteiger partial charge >= 0.3 is 0 Å². The molecule has 0 unspecified atom stereocenters. The van der Waals surface area contributed by atoms with E-state index in [1.807, 2.05) is 0 Å². The van der Waals surface area contributed by atoms with E-state index in [9.17, 15) is 4.79 Å². The van der Waals surface area contributed by atoms with Gasteiger partial charge in [0, 0.05) is 22.9 Å². The van der Waals surface area contributed by atoms with Gasteiger partial charge in [0.2, 0.25) is 0 Å². The van der Waals surface area contributed by atoms with Crippen molar-refractivity contribution in [3.8, 4) is 0 Å². The number of rotatable bonds is 2. The molecular formula is C9H5BrClN3OS. The van der Waals surface area contributed by atoms with Gasteiger partial charge in [-0.25, -0.2) is 9.97 Å². The van der Waals surface area contributed by atoms with Gasteiger partial charge in [-0.05, 0) is 33.8 Å². The lowest BCUT2D eigenvalue weighted by atomic mass is 10.5. The van der Waals surface area contributed by atoms with E-state index < -0.39 is 0 Å². The number of nitrogens with zero attached hydrogens (tertiary/aromatic N) is 2. The molecule has 2 heterocycles. The third-order valence-corrected chi connectivity index (χ3v) is 3.37. The molecule has 7 heteroatoms. The Labute approximate surface area is 109 Å². The van der Waals surface area contributed by atoms with Crippen LogP contribution in [0.5, 0.6) is 0 Å². The summed E-state index contributed by atoms with van der Waals surface area (Å²) in [5.41, 5.74) is -0.203. The van der Waals surface area contributed by atoms with E-state index >= 15 is 0 Å². The fourth-order valence-corrected chi connectivity index (χ4v) is 2.43. The first-order valence-electron chi connectivity index (χ1n) is 4.19. The average Bonchev–Trinajstić information content (AvgIpc) is 2.22. The molecular weight excluding hydrogens is 314 g/mol. The molecule has 0 saturated heterocycles. The van der Waals surface area contributed by atoms with Crippen molar-refractivity contribution in [1.82, 2.24) is 15.0 Å². The van der Waals surface area contributed by atoms with Crippen LogP contribution in [-0.4, -0.2) is 15.0 Å². The topological polar surface area (TPSA) is 58.6 Å². The molecule has 0 radical (unpaired) electrons. The summed E-state index contributed by atoms with van der Waals surface area (Å²) in [7, 11) is 0. The van der Waals surface area contributed by atoms with Crippen LogP contribution < -0.4 is 5.56 Å². The molecule has 0 aromatic carbocycles. The standard InChI is InChI=1S/C9H5BrClN3OS/c10-5-3-6(11)8(13-4-5)16-9-12-2-1-7(15)14-9/h1-4H,(H,12,14,15). The number of aromatic amines is 1. The molecule has 16 heavy (non-hydrogen) atoms. The highest BCUT2D eigenvalue weighted by atomic mass is 79.9. The first-order chi connectivity index (χ1) is 7.65. The van der Waals surface area contributed by atoms with Gasteiger partial charge < -0.3 is 4.98 Å². The van der Waals surface area contributed by atoms with Gasteiger partial charge in [-0.2, -0.15) is 0 Å². The number of halogens is 2. The van der Waals surface area contributed by atoms with Crippen molar-refractivity contribution in [2.24, 2.45) is 0 Å². The summed E-state index contributed by atoms with van der Waals surface area (Å²) < 4.78 is 0.802. The first kappa shape index (κ1) is 11.6. The highest BCUT2D eigenvalue weighted by Crippen LogP contribution is 2.30. The molecule has 0 aliphatic heterocycles. The van der Waals surface area contributed by atoms with Crippen LogP contribution in [0.15, 0.2) is 44.0 Å². The summed E-state index contributed by atoms with van der Waals surface area (Å²) in [5, 5.41) is 1.56. The Morgan fingerprint density at radius 3 is 2.94 bits per heavy atom. The Hall–Kier alpha value is -0.850. The van der Waals surface area contributed by atoms with E-state index in [1.54, 1.807) is 12.3 Å². The van der Waals surface area contributed by atoms with E-state index in [4.69, 9.17) is 11.6 Å². The molecule has 2 rings (SSSR count). The van der Waals surface area contributed by atoms with Crippen molar-refractivity contribution >= 4 is 39.3 Å². The summed E-state index contributed by atoms with van der Waals surface area (Å²) >= 11 is 10.5. The zero-order valence-electron chi connectivity index (χ0n) is 7.78. The first-order valence-corrected chi connectivity index (χ1v) is 6.18. The number of pyridine rings is 1. The quantitative estimate of drug-likeness (QED) is 0.865. The summed E-state index contributed by atoms with van der Waals surface area (Å²) in [6.45, 7) is 0. The van der Waals surface area contributed by atoms with Crippen LogP contribution in [0.3, 0.4) is 0 Å².